The summed E-state index contributed by atoms with van der Waals surface area (Å²) >= 11 is 1.27. The zero-order valence-corrected chi connectivity index (χ0v) is 12.7. The Bertz CT molecular complexity index is 872. The van der Waals surface area contributed by atoms with Crippen molar-refractivity contribution in [1.82, 2.24) is 4.57 Å². The molecule has 0 saturated heterocycles. The zero-order valence-electron chi connectivity index (χ0n) is 11.9. The third-order valence-corrected chi connectivity index (χ3v) is 4.07. The Balaban J connectivity index is 2.61. The Kier molecular flexibility index (Phi) is 4.45. The van der Waals surface area contributed by atoms with Gasteiger partial charge in [0.05, 0.1) is 24.8 Å². The van der Waals surface area contributed by atoms with E-state index in [2.05, 4.69) is 0 Å². The van der Waals surface area contributed by atoms with Crippen molar-refractivity contribution in [1.29, 1.82) is 5.26 Å². The van der Waals surface area contributed by atoms with E-state index < -0.39 is 0 Å². The molecule has 1 aromatic heterocycles. The van der Waals surface area contributed by atoms with Crippen molar-refractivity contribution in [3.05, 3.63) is 43.3 Å². The predicted octanol–water partition coefficient (Wildman–Crippen LogP) is 0.597. The van der Waals surface area contributed by atoms with Gasteiger partial charge in [0.2, 0.25) is 0 Å². The number of hydrogen-bond acceptors (Lipinski definition) is 5. The summed E-state index contributed by atoms with van der Waals surface area (Å²) in [6.45, 7) is 0. The molecule has 0 aliphatic heterocycles. The summed E-state index contributed by atoms with van der Waals surface area (Å²) in [5.74, 6) is 1.23. The number of nitrogens with zero attached hydrogens (tertiary/aromatic N) is 2. The van der Waals surface area contributed by atoms with Gasteiger partial charge in [-0.1, -0.05) is 6.07 Å². The summed E-state index contributed by atoms with van der Waals surface area (Å²) in [7, 11) is 4.78. The second-order valence-electron chi connectivity index (χ2n) is 4.20. The number of aromatic nitrogens is 1. The molecule has 1 heterocycles. The fourth-order valence-electron chi connectivity index (χ4n) is 1.86. The molecule has 0 aliphatic rings. The number of thiazole rings is 1. The van der Waals surface area contributed by atoms with Gasteiger partial charge in [0, 0.05) is 13.1 Å². The van der Waals surface area contributed by atoms with E-state index in [9.17, 15) is 4.79 Å². The summed E-state index contributed by atoms with van der Waals surface area (Å²) < 4.78 is 13.1. The van der Waals surface area contributed by atoms with E-state index in [0.29, 0.717) is 20.7 Å². The molecule has 0 unspecified atom stereocenters. The van der Waals surface area contributed by atoms with E-state index in [1.165, 1.54) is 22.0 Å². The van der Waals surface area contributed by atoms with E-state index in [1.807, 2.05) is 12.1 Å². The minimum atomic E-state index is -0.128. The van der Waals surface area contributed by atoms with Crippen molar-refractivity contribution in [2.24, 2.45) is 7.05 Å². The second-order valence-corrected chi connectivity index (χ2v) is 5.26. The SMILES string of the molecule is COc1ccc(/C=c2\s/c(=C\C#N)n(C)c2=O)cc1OC. The summed E-state index contributed by atoms with van der Waals surface area (Å²) in [5, 5.41) is 8.71. The lowest BCUT2D eigenvalue weighted by molar-refractivity contribution is 0.355. The zero-order chi connectivity index (χ0) is 15.4. The number of nitriles is 1. The van der Waals surface area contributed by atoms with E-state index in [0.717, 1.165) is 5.56 Å². The van der Waals surface area contributed by atoms with Gasteiger partial charge in [-0.3, -0.25) is 4.79 Å². The third kappa shape index (κ3) is 2.98. The molecule has 0 radical (unpaired) electrons. The van der Waals surface area contributed by atoms with Crippen LogP contribution in [0.1, 0.15) is 5.56 Å². The first-order valence-corrected chi connectivity index (χ1v) is 6.91. The molecule has 0 spiro atoms. The van der Waals surface area contributed by atoms with Crippen molar-refractivity contribution < 1.29 is 9.47 Å². The van der Waals surface area contributed by atoms with Gasteiger partial charge in [-0.05, 0) is 23.8 Å². The first kappa shape index (κ1) is 14.9. The number of rotatable bonds is 3. The minimum absolute atomic E-state index is 0.128. The van der Waals surface area contributed by atoms with E-state index in [1.54, 1.807) is 39.5 Å². The van der Waals surface area contributed by atoms with Crippen LogP contribution in [-0.4, -0.2) is 18.8 Å². The average molecular weight is 302 g/mol. The average Bonchev–Trinajstić information content (AvgIpc) is 2.76. The Labute approximate surface area is 125 Å². The molecule has 0 N–H and O–H groups in total. The molecule has 0 saturated carbocycles. The Hall–Kier alpha value is -2.52. The van der Waals surface area contributed by atoms with Crippen LogP contribution >= 0.6 is 11.3 Å². The highest BCUT2D eigenvalue weighted by Crippen LogP contribution is 2.27. The molecule has 2 rings (SSSR count). The van der Waals surface area contributed by atoms with Gasteiger partial charge in [-0.2, -0.15) is 5.26 Å². The lowest BCUT2D eigenvalue weighted by Crippen LogP contribution is -2.28. The molecule has 6 heteroatoms. The monoisotopic (exact) mass is 302 g/mol. The standard InChI is InChI=1S/C15H14N2O3S/c1-17-14(6-7-16)21-13(15(17)18)9-10-4-5-11(19-2)12(8-10)20-3/h4-6,8-9H,1-3H3/b13-9-,14-6-. The number of benzene rings is 1. The minimum Gasteiger partial charge on any atom is -0.493 e. The molecule has 21 heavy (non-hydrogen) atoms. The maximum Gasteiger partial charge on any atom is 0.268 e. The fourth-order valence-corrected chi connectivity index (χ4v) is 2.83. The third-order valence-electron chi connectivity index (χ3n) is 2.95. The van der Waals surface area contributed by atoms with Crippen LogP contribution in [0.5, 0.6) is 11.5 Å². The second kappa shape index (κ2) is 6.29. The van der Waals surface area contributed by atoms with Crippen LogP contribution in [0.25, 0.3) is 12.2 Å². The van der Waals surface area contributed by atoms with Crippen molar-refractivity contribution in [2.75, 3.05) is 14.2 Å². The largest absolute Gasteiger partial charge is 0.493 e. The Morgan fingerprint density at radius 3 is 2.62 bits per heavy atom. The van der Waals surface area contributed by atoms with Crippen LogP contribution in [0.2, 0.25) is 0 Å². The van der Waals surface area contributed by atoms with Crippen molar-refractivity contribution >= 4 is 23.5 Å². The van der Waals surface area contributed by atoms with Crippen LogP contribution in [0, 0.1) is 11.3 Å². The van der Waals surface area contributed by atoms with Gasteiger partial charge >= 0.3 is 0 Å². The topological polar surface area (TPSA) is 64.2 Å². The van der Waals surface area contributed by atoms with Gasteiger partial charge in [0.15, 0.2) is 11.5 Å². The Morgan fingerprint density at radius 2 is 2.00 bits per heavy atom. The summed E-state index contributed by atoms with van der Waals surface area (Å²) in [6.07, 6.45) is 3.13. The molecule has 0 bridgehead atoms. The lowest BCUT2D eigenvalue weighted by Gasteiger charge is -2.07. The van der Waals surface area contributed by atoms with Crippen LogP contribution in [0.4, 0.5) is 0 Å². The van der Waals surface area contributed by atoms with E-state index >= 15 is 0 Å². The van der Waals surface area contributed by atoms with Gasteiger partial charge in [0.1, 0.15) is 4.66 Å². The van der Waals surface area contributed by atoms with Gasteiger partial charge in [-0.25, -0.2) is 0 Å². The highest BCUT2D eigenvalue weighted by molar-refractivity contribution is 7.07. The maximum absolute atomic E-state index is 12.1. The van der Waals surface area contributed by atoms with E-state index in [-0.39, 0.29) is 5.56 Å². The highest BCUT2D eigenvalue weighted by atomic mass is 32.1. The lowest BCUT2D eigenvalue weighted by atomic mass is 10.2. The Morgan fingerprint density at radius 1 is 1.29 bits per heavy atom. The maximum atomic E-state index is 12.1. The predicted molar refractivity (Wildman–Crippen MR) is 82.0 cm³/mol. The molecule has 1 aromatic carbocycles. The molecule has 108 valence electrons. The molecule has 5 nitrogen and oxygen atoms in total. The molecular formula is C15H14N2O3S. The van der Waals surface area contributed by atoms with Crippen molar-refractivity contribution in [3.8, 4) is 17.6 Å². The van der Waals surface area contributed by atoms with Crippen molar-refractivity contribution in [3.63, 3.8) is 0 Å². The van der Waals surface area contributed by atoms with Crippen LogP contribution in [0.15, 0.2) is 23.0 Å². The highest BCUT2D eigenvalue weighted by Gasteiger charge is 2.04. The molecule has 0 amide bonds. The van der Waals surface area contributed by atoms with Crippen LogP contribution in [-0.2, 0) is 7.05 Å². The van der Waals surface area contributed by atoms with Crippen LogP contribution in [0.3, 0.4) is 0 Å². The first-order chi connectivity index (χ1) is 10.1. The fraction of sp³-hybridized carbons (Fsp3) is 0.200. The summed E-state index contributed by atoms with van der Waals surface area (Å²) in [5.41, 5.74) is 0.700. The van der Waals surface area contributed by atoms with Gasteiger partial charge in [-0.15, -0.1) is 11.3 Å². The molecule has 0 fully saturated rings. The summed E-state index contributed by atoms with van der Waals surface area (Å²) in [6, 6.07) is 7.36. The molecular weight excluding hydrogens is 288 g/mol. The number of ether oxygens (including phenoxy) is 2. The molecule has 2 aromatic rings. The number of methoxy groups -OCH3 is 2. The first-order valence-electron chi connectivity index (χ1n) is 6.10. The van der Waals surface area contributed by atoms with Gasteiger partial charge < -0.3 is 14.0 Å². The molecule has 0 aliphatic carbocycles. The van der Waals surface area contributed by atoms with Crippen LogP contribution < -0.4 is 24.2 Å². The number of hydrogen-bond donors (Lipinski definition) is 0. The van der Waals surface area contributed by atoms with Crippen molar-refractivity contribution in [2.45, 2.75) is 0 Å². The normalized spacial score (nSPS) is 12.3. The van der Waals surface area contributed by atoms with E-state index in [4.69, 9.17) is 14.7 Å². The summed E-state index contributed by atoms with van der Waals surface area (Å²) in [4.78, 5) is 12.1. The molecule has 0 atom stereocenters. The quantitative estimate of drug-likeness (QED) is 0.833. The van der Waals surface area contributed by atoms with Gasteiger partial charge in [0.25, 0.3) is 5.56 Å². The smallest absolute Gasteiger partial charge is 0.268 e.